The Morgan fingerprint density at radius 3 is 3.00 bits per heavy atom. The highest BCUT2D eigenvalue weighted by molar-refractivity contribution is 5.92. The third kappa shape index (κ3) is 3.89. The van der Waals surface area contributed by atoms with Crippen molar-refractivity contribution in [3.8, 4) is 0 Å². The van der Waals surface area contributed by atoms with Gasteiger partial charge in [-0.1, -0.05) is 0 Å². The minimum atomic E-state index is -0.551. The SMILES string of the molecule is NC(=O)c1ccc(F)c(CNCCCn2cccn2)c1. The molecule has 0 fully saturated rings. The first-order chi connectivity index (χ1) is 9.66. The quantitative estimate of drug-likeness (QED) is 0.749. The molecule has 2 rings (SSSR count). The Morgan fingerprint density at radius 1 is 1.45 bits per heavy atom. The molecule has 106 valence electrons. The Balaban J connectivity index is 1.78. The first-order valence-corrected chi connectivity index (χ1v) is 6.43. The van der Waals surface area contributed by atoms with Gasteiger partial charge in [0.25, 0.3) is 0 Å². The van der Waals surface area contributed by atoms with Gasteiger partial charge >= 0.3 is 0 Å². The van der Waals surface area contributed by atoms with Gasteiger partial charge in [0, 0.05) is 36.6 Å². The van der Waals surface area contributed by atoms with Gasteiger partial charge in [-0.25, -0.2) is 4.39 Å². The van der Waals surface area contributed by atoms with Crippen molar-refractivity contribution in [2.75, 3.05) is 6.54 Å². The maximum atomic E-state index is 13.6. The van der Waals surface area contributed by atoms with E-state index in [2.05, 4.69) is 10.4 Å². The van der Waals surface area contributed by atoms with Crippen LogP contribution in [0.15, 0.2) is 36.7 Å². The molecule has 20 heavy (non-hydrogen) atoms. The molecule has 1 amide bonds. The number of nitrogens with two attached hydrogens (primary N) is 1. The van der Waals surface area contributed by atoms with Crippen molar-refractivity contribution >= 4 is 5.91 Å². The summed E-state index contributed by atoms with van der Waals surface area (Å²) >= 11 is 0. The number of carbonyl (C=O) groups is 1. The fraction of sp³-hybridized carbons (Fsp3) is 0.286. The molecule has 1 heterocycles. The summed E-state index contributed by atoms with van der Waals surface area (Å²) in [6.07, 6.45) is 4.52. The zero-order valence-corrected chi connectivity index (χ0v) is 11.1. The highest BCUT2D eigenvalue weighted by Crippen LogP contribution is 2.10. The van der Waals surface area contributed by atoms with Crippen LogP contribution in [0.2, 0.25) is 0 Å². The van der Waals surface area contributed by atoms with Crippen LogP contribution in [0.3, 0.4) is 0 Å². The topological polar surface area (TPSA) is 72.9 Å². The van der Waals surface area contributed by atoms with E-state index in [0.29, 0.717) is 17.7 Å². The largest absolute Gasteiger partial charge is 0.366 e. The van der Waals surface area contributed by atoms with Gasteiger partial charge in [-0.05, 0) is 37.2 Å². The highest BCUT2D eigenvalue weighted by Gasteiger charge is 2.06. The monoisotopic (exact) mass is 276 g/mol. The zero-order valence-electron chi connectivity index (χ0n) is 11.1. The lowest BCUT2D eigenvalue weighted by molar-refractivity contribution is 0.1000. The van der Waals surface area contributed by atoms with Crippen LogP contribution in [-0.2, 0) is 13.1 Å². The summed E-state index contributed by atoms with van der Waals surface area (Å²) in [5.41, 5.74) is 5.94. The molecule has 0 bridgehead atoms. The molecule has 0 spiro atoms. The Morgan fingerprint density at radius 2 is 2.30 bits per heavy atom. The fourth-order valence-electron chi connectivity index (χ4n) is 1.89. The minimum absolute atomic E-state index is 0.319. The van der Waals surface area contributed by atoms with Crippen LogP contribution < -0.4 is 11.1 Å². The van der Waals surface area contributed by atoms with Gasteiger partial charge in [0.05, 0.1) is 0 Å². The lowest BCUT2D eigenvalue weighted by atomic mass is 10.1. The summed E-state index contributed by atoms with van der Waals surface area (Å²) in [4.78, 5) is 11.0. The molecule has 1 aromatic heterocycles. The highest BCUT2D eigenvalue weighted by atomic mass is 19.1. The molecule has 5 nitrogen and oxygen atoms in total. The van der Waals surface area contributed by atoms with Crippen molar-refractivity contribution in [1.82, 2.24) is 15.1 Å². The average Bonchev–Trinajstić information content (AvgIpc) is 2.93. The summed E-state index contributed by atoms with van der Waals surface area (Å²) < 4.78 is 15.4. The van der Waals surface area contributed by atoms with Crippen molar-refractivity contribution in [3.05, 3.63) is 53.6 Å². The molecular weight excluding hydrogens is 259 g/mol. The summed E-state index contributed by atoms with van der Waals surface area (Å²) in [6, 6.07) is 6.01. The smallest absolute Gasteiger partial charge is 0.248 e. The molecule has 0 atom stereocenters. The standard InChI is InChI=1S/C14H17FN4O/c15-13-4-3-11(14(16)20)9-12(13)10-17-5-1-7-19-8-2-6-18-19/h2-4,6,8-9,17H,1,5,7,10H2,(H2,16,20). The van der Waals surface area contributed by atoms with Crippen LogP contribution in [0.1, 0.15) is 22.3 Å². The molecule has 0 saturated carbocycles. The van der Waals surface area contributed by atoms with Crippen LogP contribution in [0.25, 0.3) is 0 Å². The van der Waals surface area contributed by atoms with Gasteiger partial charge in [0.1, 0.15) is 5.82 Å². The maximum Gasteiger partial charge on any atom is 0.248 e. The van der Waals surface area contributed by atoms with Crippen molar-refractivity contribution in [2.45, 2.75) is 19.5 Å². The van der Waals surface area contributed by atoms with Gasteiger partial charge in [0.15, 0.2) is 0 Å². The van der Waals surface area contributed by atoms with Gasteiger partial charge in [-0.15, -0.1) is 0 Å². The minimum Gasteiger partial charge on any atom is -0.366 e. The van der Waals surface area contributed by atoms with E-state index in [1.807, 2.05) is 16.9 Å². The number of aromatic nitrogens is 2. The van der Waals surface area contributed by atoms with E-state index in [1.54, 1.807) is 6.20 Å². The molecule has 0 aliphatic rings. The third-order valence-corrected chi connectivity index (χ3v) is 2.95. The first kappa shape index (κ1) is 14.2. The zero-order chi connectivity index (χ0) is 14.4. The predicted molar refractivity (Wildman–Crippen MR) is 73.5 cm³/mol. The van der Waals surface area contributed by atoms with Crippen LogP contribution in [0.5, 0.6) is 0 Å². The number of amides is 1. The van der Waals surface area contributed by atoms with E-state index in [4.69, 9.17) is 5.73 Å². The number of carbonyl (C=O) groups excluding carboxylic acids is 1. The van der Waals surface area contributed by atoms with Gasteiger partial charge in [0.2, 0.25) is 5.91 Å². The molecule has 3 N–H and O–H groups in total. The van der Waals surface area contributed by atoms with Crippen molar-refractivity contribution in [3.63, 3.8) is 0 Å². The number of hydrogen-bond acceptors (Lipinski definition) is 3. The van der Waals surface area contributed by atoms with E-state index < -0.39 is 5.91 Å². The molecule has 0 saturated heterocycles. The van der Waals surface area contributed by atoms with E-state index in [9.17, 15) is 9.18 Å². The van der Waals surface area contributed by atoms with E-state index >= 15 is 0 Å². The molecule has 6 heteroatoms. The van der Waals surface area contributed by atoms with Crippen molar-refractivity contribution < 1.29 is 9.18 Å². The second kappa shape index (κ2) is 6.81. The second-order valence-corrected chi connectivity index (χ2v) is 4.47. The number of benzene rings is 1. The lowest BCUT2D eigenvalue weighted by Gasteiger charge is -2.07. The molecular formula is C14H17FN4O. The van der Waals surface area contributed by atoms with E-state index in [-0.39, 0.29) is 5.82 Å². The van der Waals surface area contributed by atoms with Crippen LogP contribution in [0.4, 0.5) is 4.39 Å². The number of nitrogens with zero attached hydrogens (tertiary/aromatic N) is 2. The Kier molecular flexibility index (Phi) is 4.84. The molecule has 2 aromatic rings. The lowest BCUT2D eigenvalue weighted by Crippen LogP contribution is -2.18. The number of halogens is 1. The van der Waals surface area contributed by atoms with Crippen LogP contribution >= 0.6 is 0 Å². The molecule has 0 aliphatic heterocycles. The number of aryl methyl sites for hydroxylation is 1. The van der Waals surface area contributed by atoms with Gasteiger partial charge < -0.3 is 11.1 Å². The Bertz CT molecular complexity index is 569. The van der Waals surface area contributed by atoms with Gasteiger partial charge in [-0.3, -0.25) is 9.48 Å². The molecule has 0 radical (unpaired) electrons. The fourth-order valence-corrected chi connectivity index (χ4v) is 1.89. The van der Waals surface area contributed by atoms with Crippen LogP contribution in [0, 0.1) is 5.82 Å². The molecule has 0 unspecified atom stereocenters. The number of primary amides is 1. The first-order valence-electron chi connectivity index (χ1n) is 6.43. The second-order valence-electron chi connectivity index (χ2n) is 4.47. The summed E-state index contributed by atoms with van der Waals surface area (Å²) in [7, 11) is 0. The van der Waals surface area contributed by atoms with Crippen molar-refractivity contribution in [2.24, 2.45) is 5.73 Å². The molecule has 1 aromatic carbocycles. The molecule has 0 aliphatic carbocycles. The van der Waals surface area contributed by atoms with Crippen LogP contribution in [-0.4, -0.2) is 22.2 Å². The predicted octanol–water partition coefficient (Wildman–Crippen LogP) is 1.30. The summed E-state index contributed by atoms with van der Waals surface area (Å²) in [5, 5.41) is 7.23. The van der Waals surface area contributed by atoms with Crippen molar-refractivity contribution in [1.29, 1.82) is 0 Å². The maximum absolute atomic E-state index is 13.6. The number of rotatable bonds is 7. The van der Waals surface area contributed by atoms with E-state index in [0.717, 1.165) is 19.5 Å². The number of nitrogens with one attached hydrogen (secondary N) is 1. The normalized spacial score (nSPS) is 10.7. The summed E-state index contributed by atoms with van der Waals surface area (Å²) in [5.74, 6) is -0.889. The number of hydrogen-bond donors (Lipinski definition) is 2. The summed E-state index contributed by atoms with van der Waals surface area (Å²) in [6.45, 7) is 1.91. The van der Waals surface area contributed by atoms with E-state index in [1.165, 1.54) is 18.2 Å². The third-order valence-electron chi connectivity index (χ3n) is 2.95. The van der Waals surface area contributed by atoms with Gasteiger partial charge in [-0.2, -0.15) is 5.10 Å². The Labute approximate surface area is 116 Å². The average molecular weight is 276 g/mol. The Hall–Kier alpha value is -2.21.